The summed E-state index contributed by atoms with van der Waals surface area (Å²) in [6.07, 6.45) is 3.43. The average molecular weight is 298 g/mol. The van der Waals surface area contributed by atoms with E-state index in [1.54, 1.807) is 18.3 Å². The predicted molar refractivity (Wildman–Crippen MR) is 65.5 cm³/mol. The van der Waals surface area contributed by atoms with Gasteiger partial charge in [0.2, 0.25) is 0 Å². The summed E-state index contributed by atoms with van der Waals surface area (Å²) in [6.45, 7) is 3.07. The molecule has 0 aliphatic heterocycles. The number of nitrogens with zero attached hydrogens (tertiary/aromatic N) is 2. The van der Waals surface area contributed by atoms with Crippen LogP contribution in [0, 0.1) is 0 Å². The minimum atomic E-state index is -0.131. The van der Waals surface area contributed by atoms with Gasteiger partial charge in [0.1, 0.15) is 5.69 Å². The lowest BCUT2D eigenvalue weighted by molar-refractivity contribution is 0.0938. The van der Waals surface area contributed by atoms with Crippen molar-refractivity contribution < 1.29 is 9.32 Å². The Labute approximate surface area is 107 Å². The molecule has 2 heterocycles. The molecule has 5 nitrogen and oxygen atoms in total. The van der Waals surface area contributed by atoms with Crippen LogP contribution < -0.4 is 5.32 Å². The van der Waals surface area contributed by atoms with Crippen molar-refractivity contribution in [3.63, 3.8) is 0 Å². The van der Waals surface area contributed by atoms with E-state index in [4.69, 9.17) is 4.52 Å². The zero-order valence-electron chi connectivity index (χ0n) is 9.31. The van der Waals surface area contributed by atoms with Gasteiger partial charge in [-0.15, -0.1) is 0 Å². The van der Waals surface area contributed by atoms with Crippen LogP contribution in [0.1, 0.15) is 23.2 Å². The highest BCUT2D eigenvalue weighted by molar-refractivity contribution is 9.10. The fourth-order valence-corrected chi connectivity index (χ4v) is 1.98. The number of nitrogens with one attached hydrogen (secondary N) is 1. The molecule has 0 unspecified atom stereocenters. The first-order valence-electron chi connectivity index (χ1n) is 5.24. The van der Waals surface area contributed by atoms with E-state index >= 15 is 0 Å². The summed E-state index contributed by atoms with van der Waals surface area (Å²) in [4.78, 5) is 11.9. The zero-order valence-corrected chi connectivity index (χ0v) is 10.9. The van der Waals surface area contributed by atoms with Gasteiger partial charge in [0.25, 0.3) is 5.91 Å². The van der Waals surface area contributed by atoms with Crippen molar-refractivity contribution in [2.75, 3.05) is 0 Å². The maximum atomic E-state index is 11.9. The van der Waals surface area contributed by atoms with Gasteiger partial charge in [-0.2, -0.15) is 0 Å². The Hall–Kier alpha value is -1.56. The number of carbonyl (C=O) groups is 1. The second kappa shape index (κ2) is 5.18. The van der Waals surface area contributed by atoms with Crippen LogP contribution in [-0.4, -0.2) is 15.6 Å². The summed E-state index contributed by atoms with van der Waals surface area (Å²) in [5.74, 6) is 0.501. The van der Waals surface area contributed by atoms with E-state index in [2.05, 4.69) is 26.4 Å². The molecule has 0 bridgehead atoms. The van der Waals surface area contributed by atoms with Crippen LogP contribution in [0.3, 0.4) is 0 Å². The summed E-state index contributed by atoms with van der Waals surface area (Å²) in [6, 6.07) is 3.51. The summed E-state index contributed by atoms with van der Waals surface area (Å²) in [7, 11) is 0. The lowest BCUT2D eigenvalue weighted by atomic mass is 10.3. The van der Waals surface area contributed by atoms with E-state index in [9.17, 15) is 4.79 Å². The largest absolute Gasteiger partial charge is 0.360 e. The molecule has 2 rings (SSSR count). The first-order valence-corrected chi connectivity index (χ1v) is 6.03. The van der Waals surface area contributed by atoms with Crippen molar-refractivity contribution >= 4 is 21.8 Å². The Kier molecular flexibility index (Phi) is 3.63. The SMILES string of the molecule is CCn1cc(Br)cc1C(=O)NCc1ccno1. The second-order valence-electron chi connectivity index (χ2n) is 3.49. The normalized spacial score (nSPS) is 10.5. The fraction of sp³-hybridized carbons (Fsp3) is 0.273. The number of hydrogen-bond donors (Lipinski definition) is 1. The first-order chi connectivity index (χ1) is 8.20. The number of hydrogen-bond acceptors (Lipinski definition) is 3. The Morgan fingerprint density at radius 3 is 3.12 bits per heavy atom. The molecular formula is C11H12BrN3O2. The highest BCUT2D eigenvalue weighted by atomic mass is 79.9. The van der Waals surface area contributed by atoms with Crippen molar-refractivity contribution in [1.82, 2.24) is 15.0 Å². The Bertz CT molecular complexity index is 505. The number of rotatable bonds is 4. The number of carbonyl (C=O) groups excluding carboxylic acids is 1. The number of halogens is 1. The monoisotopic (exact) mass is 297 g/mol. The smallest absolute Gasteiger partial charge is 0.268 e. The summed E-state index contributed by atoms with van der Waals surface area (Å²) in [5.41, 5.74) is 0.624. The second-order valence-corrected chi connectivity index (χ2v) is 4.41. The van der Waals surface area contributed by atoms with E-state index in [0.717, 1.165) is 11.0 Å². The minimum Gasteiger partial charge on any atom is -0.360 e. The first kappa shape index (κ1) is 11.9. The van der Waals surface area contributed by atoms with Crippen LogP contribution in [0.15, 0.2) is 33.5 Å². The van der Waals surface area contributed by atoms with Crippen molar-refractivity contribution in [3.05, 3.63) is 40.5 Å². The summed E-state index contributed by atoms with van der Waals surface area (Å²) < 4.78 is 7.67. The third kappa shape index (κ3) is 2.76. The Balaban J connectivity index is 2.04. The van der Waals surface area contributed by atoms with Crippen LogP contribution in [-0.2, 0) is 13.1 Å². The van der Waals surface area contributed by atoms with E-state index in [1.165, 1.54) is 0 Å². The molecule has 0 saturated carbocycles. The number of amides is 1. The molecule has 90 valence electrons. The highest BCUT2D eigenvalue weighted by Gasteiger charge is 2.12. The molecule has 0 aliphatic rings. The van der Waals surface area contributed by atoms with Crippen LogP contribution in [0.25, 0.3) is 0 Å². The quantitative estimate of drug-likeness (QED) is 0.941. The highest BCUT2D eigenvalue weighted by Crippen LogP contribution is 2.15. The number of aryl methyl sites for hydroxylation is 1. The van der Waals surface area contributed by atoms with E-state index in [1.807, 2.05) is 17.7 Å². The third-order valence-corrected chi connectivity index (χ3v) is 2.78. The maximum absolute atomic E-state index is 11.9. The molecule has 0 aliphatic carbocycles. The molecule has 1 N–H and O–H groups in total. The van der Waals surface area contributed by atoms with Gasteiger partial charge >= 0.3 is 0 Å². The lowest BCUT2D eigenvalue weighted by Crippen LogP contribution is -2.25. The van der Waals surface area contributed by atoms with Gasteiger partial charge in [0.05, 0.1) is 12.7 Å². The van der Waals surface area contributed by atoms with Gasteiger partial charge < -0.3 is 14.4 Å². The standard InChI is InChI=1S/C11H12BrN3O2/c1-2-15-7-8(12)5-10(15)11(16)13-6-9-3-4-14-17-9/h3-5,7H,2,6H2,1H3,(H,13,16). The van der Waals surface area contributed by atoms with Crippen molar-refractivity contribution in [3.8, 4) is 0 Å². The molecule has 0 atom stereocenters. The van der Waals surface area contributed by atoms with Crippen LogP contribution in [0.4, 0.5) is 0 Å². The molecule has 17 heavy (non-hydrogen) atoms. The van der Waals surface area contributed by atoms with Crippen molar-refractivity contribution in [2.24, 2.45) is 0 Å². The fourth-order valence-electron chi connectivity index (χ4n) is 1.52. The van der Waals surface area contributed by atoms with E-state index < -0.39 is 0 Å². The predicted octanol–water partition coefficient (Wildman–Crippen LogP) is 2.19. The molecule has 0 spiro atoms. The summed E-state index contributed by atoms with van der Waals surface area (Å²) in [5, 5.41) is 6.35. The van der Waals surface area contributed by atoms with Gasteiger partial charge in [0.15, 0.2) is 5.76 Å². The molecule has 6 heteroatoms. The van der Waals surface area contributed by atoms with Crippen LogP contribution in [0.5, 0.6) is 0 Å². The molecular weight excluding hydrogens is 286 g/mol. The molecule has 0 aromatic carbocycles. The Morgan fingerprint density at radius 1 is 1.65 bits per heavy atom. The molecule has 2 aromatic heterocycles. The number of aromatic nitrogens is 2. The van der Waals surface area contributed by atoms with Gasteiger partial charge in [-0.3, -0.25) is 4.79 Å². The van der Waals surface area contributed by atoms with Gasteiger partial charge in [0, 0.05) is 23.3 Å². The van der Waals surface area contributed by atoms with Crippen molar-refractivity contribution in [2.45, 2.75) is 20.0 Å². The third-order valence-electron chi connectivity index (χ3n) is 2.35. The molecule has 1 amide bonds. The van der Waals surface area contributed by atoms with Gasteiger partial charge in [-0.25, -0.2) is 0 Å². The topological polar surface area (TPSA) is 60.1 Å². The molecule has 0 radical (unpaired) electrons. The van der Waals surface area contributed by atoms with Gasteiger partial charge in [-0.05, 0) is 28.9 Å². The molecule has 0 saturated heterocycles. The molecule has 0 fully saturated rings. The van der Waals surface area contributed by atoms with Crippen molar-refractivity contribution in [1.29, 1.82) is 0 Å². The average Bonchev–Trinajstić information content (AvgIpc) is 2.94. The lowest BCUT2D eigenvalue weighted by Gasteiger charge is -2.05. The molecule has 2 aromatic rings. The minimum absolute atomic E-state index is 0.131. The maximum Gasteiger partial charge on any atom is 0.268 e. The van der Waals surface area contributed by atoms with Crippen LogP contribution >= 0.6 is 15.9 Å². The van der Waals surface area contributed by atoms with Gasteiger partial charge in [-0.1, -0.05) is 5.16 Å². The van der Waals surface area contributed by atoms with E-state index in [0.29, 0.717) is 18.0 Å². The summed E-state index contributed by atoms with van der Waals surface area (Å²) >= 11 is 3.35. The zero-order chi connectivity index (χ0) is 12.3. The Morgan fingerprint density at radius 2 is 2.47 bits per heavy atom. The van der Waals surface area contributed by atoms with Crippen LogP contribution in [0.2, 0.25) is 0 Å². The van der Waals surface area contributed by atoms with E-state index in [-0.39, 0.29) is 5.91 Å².